The number of benzene rings is 1. The number of pyridine rings is 2. The van der Waals surface area contributed by atoms with Gasteiger partial charge < -0.3 is 5.11 Å². The molecule has 0 saturated carbocycles. The number of carboxylic acid groups (broad SMARTS) is 1. The number of halogens is 1. The first-order valence-electron chi connectivity index (χ1n) is 7.47. The molecule has 1 N–H and O–H groups in total. The summed E-state index contributed by atoms with van der Waals surface area (Å²) in [5, 5.41) is 10.7. The van der Waals surface area contributed by atoms with E-state index >= 15 is 0 Å². The molecular weight excluding hydrogens is 328 g/mol. The van der Waals surface area contributed by atoms with Crippen molar-refractivity contribution in [1.82, 2.24) is 9.55 Å². The number of aromatic nitrogens is 2. The van der Waals surface area contributed by atoms with Crippen LogP contribution in [-0.2, 0) is 6.54 Å². The standard InChI is InChI=1S/C18H15ClN2O3/c1-3-21-16-13(8-7-10(2)20-16)14(15(17(21)22)18(23)24)11-5-4-6-12(19)9-11/h4-9H,3H2,1-2H3,(H,23,24). The van der Waals surface area contributed by atoms with Crippen LogP contribution in [0.5, 0.6) is 0 Å². The smallest absolute Gasteiger partial charge is 0.342 e. The third kappa shape index (κ3) is 2.57. The van der Waals surface area contributed by atoms with Gasteiger partial charge in [-0.1, -0.05) is 23.7 Å². The summed E-state index contributed by atoms with van der Waals surface area (Å²) in [6, 6.07) is 10.4. The van der Waals surface area contributed by atoms with Crippen molar-refractivity contribution in [2.24, 2.45) is 0 Å². The Morgan fingerprint density at radius 3 is 2.67 bits per heavy atom. The quantitative estimate of drug-likeness (QED) is 0.787. The van der Waals surface area contributed by atoms with E-state index in [0.29, 0.717) is 33.7 Å². The third-order valence-corrected chi connectivity index (χ3v) is 4.13. The maximum absolute atomic E-state index is 12.8. The van der Waals surface area contributed by atoms with Gasteiger partial charge in [-0.05, 0) is 43.7 Å². The number of fused-ring (bicyclic) bond motifs is 1. The van der Waals surface area contributed by atoms with Crippen LogP contribution in [0.2, 0.25) is 5.02 Å². The van der Waals surface area contributed by atoms with Gasteiger partial charge in [0.1, 0.15) is 11.2 Å². The highest BCUT2D eigenvalue weighted by atomic mass is 35.5. The lowest BCUT2D eigenvalue weighted by atomic mass is 9.97. The Morgan fingerprint density at radius 1 is 1.29 bits per heavy atom. The summed E-state index contributed by atoms with van der Waals surface area (Å²) in [6.07, 6.45) is 0. The Labute approximate surface area is 143 Å². The van der Waals surface area contributed by atoms with Gasteiger partial charge in [0.15, 0.2) is 0 Å². The highest BCUT2D eigenvalue weighted by molar-refractivity contribution is 6.31. The molecule has 5 nitrogen and oxygen atoms in total. The molecule has 0 radical (unpaired) electrons. The van der Waals surface area contributed by atoms with Crippen LogP contribution in [0, 0.1) is 6.92 Å². The van der Waals surface area contributed by atoms with Gasteiger partial charge in [-0.25, -0.2) is 9.78 Å². The topological polar surface area (TPSA) is 72.2 Å². The Balaban J connectivity index is 2.58. The number of carboxylic acids is 1. The van der Waals surface area contributed by atoms with Crippen molar-refractivity contribution in [2.75, 3.05) is 0 Å². The molecule has 1 aromatic carbocycles. The van der Waals surface area contributed by atoms with Gasteiger partial charge in [0, 0.05) is 28.2 Å². The third-order valence-electron chi connectivity index (χ3n) is 3.89. The van der Waals surface area contributed by atoms with Gasteiger partial charge in [0.05, 0.1) is 0 Å². The van der Waals surface area contributed by atoms with Crippen molar-refractivity contribution in [1.29, 1.82) is 0 Å². The number of rotatable bonds is 3. The van der Waals surface area contributed by atoms with Crippen LogP contribution in [-0.4, -0.2) is 20.6 Å². The van der Waals surface area contributed by atoms with Crippen LogP contribution in [0.15, 0.2) is 41.2 Å². The molecule has 0 spiro atoms. The van der Waals surface area contributed by atoms with Crippen molar-refractivity contribution in [2.45, 2.75) is 20.4 Å². The van der Waals surface area contributed by atoms with Gasteiger partial charge in [0.2, 0.25) is 0 Å². The highest BCUT2D eigenvalue weighted by Crippen LogP contribution is 2.31. The zero-order valence-corrected chi connectivity index (χ0v) is 14.0. The summed E-state index contributed by atoms with van der Waals surface area (Å²) < 4.78 is 1.39. The van der Waals surface area contributed by atoms with Gasteiger partial charge in [-0.3, -0.25) is 9.36 Å². The van der Waals surface area contributed by atoms with Gasteiger partial charge in [0.25, 0.3) is 5.56 Å². The predicted molar refractivity (Wildman–Crippen MR) is 93.8 cm³/mol. The number of hydrogen-bond donors (Lipinski definition) is 1. The number of nitrogens with zero attached hydrogens (tertiary/aromatic N) is 2. The Hall–Kier alpha value is -2.66. The Bertz CT molecular complexity index is 1020. The molecule has 0 saturated heterocycles. The van der Waals surface area contributed by atoms with Crippen molar-refractivity contribution in [3.8, 4) is 11.1 Å². The largest absolute Gasteiger partial charge is 0.477 e. The first-order chi connectivity index (χ1) is 11.4. The normalized spacial score (nSPS) is 11.0. The molecule has 6 heteroatoms. The molecule has 2 aromatic heterocycles. The maximum Gasteiger partial charge on any atom is 0.342 e. The monoisotopic (exact) mass is 342 g/mol. The van der Waals surface area contributed by atoms with Crippen molar-refractivity contribution < 1.29 is 9.90 Å². The van der Waals surface area contributed by atoms with Gasteiger partial charge in [-0.15, -0.1) is 0 Å². The number of aryl methyl sites for hydroxylation is 2. The molecule has 122 valence electrons. The molecule has 3 rings (SSSR count). The van der Waals surface area contributed by atoms with E-state index in [0.717, 1.165) is 5.69 Å². The first-order valence-corrected chi connectivity index (χ1v) is 7.85. The van der Waals surface area contributed by atoms with E-state index < -0.39 is 11.5 Å². The molecule has 0 bridgehead atoms. The van der Waals surface area contributed by atoms with Crippen molar-refractivity contribution >= 4 is 28.6 Å². The van der Waals surface area contributed by atoms with Crippen LogP contribution in [0.3, 0.4) is 0 Å². The number of aromatic carboxylic acids is 1. The molecule has 3 aromatic rings. The molecule has 0 fully saturated rings. The summed E-state index contributed by atoms with van der Waals surface area (Å²) >= 11 is 6.06. The minimum atomic E-state index is -1.26. The average Bonchev–Trinajstić information content (AvgIpc) is 2.53. The second-order valence-electron chi connectivity index (χ2n) is 5.44. The Morgan fingerprint density at radius 2 is 2.04 bits per heavy atom. The molecule has 0 aliphatic heterocycles. The fourth-order valence-corrected chi connectivity index (χ4v) is 3.04. The molecule has 0 unspecified atom stereocenters. The summed E-state index contributed by atoms with van der Waals surface area (Å²) in [6.45, 7) is 3.95. The van der Waals surface area contributed by atoms with Crippen LogP contribution in [0.1, 0.15) is 23.0 Å². The molecule has 0 aliphatic rings. The lowest BCUT2D eigenvalue weighted by molar-refractivity contribution is 0.0695. The minimum Gasteiger partial charge on any atom is -0.477 e. The van der Waals surface area contributed by atoms with Crippen molar-refractivity contribution in [3.05, 3.63) is 63.0 Å². The fraction of sp³-hybridized carbons (Fsp3) is 0.167. The van der Waals surface area contributed by atoms with Crippen molar-refractivity contribution in [3.63, 3.8) is 0 Å². The zero-order chi connectivity index (χ0) is 17.4. The Kier molecular flexibility index (Phi) is 4.11. The van der Waals surface area contributed by atoms with E-state index in [-0.39, 0.29) is 5.56 Å². The van der Waals surface area contributed by atoms with E-state index in [2.05, 4.69) is 4.98 Å². The summed E-state index contributed by atoms with van der Waals surface area (Å²) in [4.78, 5) is 29.0. The van der Waals surface area contributed by atoms with Crippen LogP contribution >= 0.6 is 11.6 Å². The molecule has 24 heavy (non-hydrogen) atoms. The second-order valence-corrected chi connectivity index (χ2v) is 5.88. The van der Waals surface area contributed by atoms with E-state index in [9.17, 15) is 14.7 Å². The average molecular weight is 343 g/mol. The van der Waals surface area contributed by atoms with E-state index in [1.54, 1.807) is 43.3 Å². The lowest BCUT2D eigenvalue weighted by Crippen LogP contribution is -2.28. The van der Waals surface area contributed by atoms with Gasteiger partial charge in [-0.2, -0.15) is 0 Å². The molecular formula is C18H15ClN2O3. The van der Waals surface area contributed by atoms with E-state index in [4.69, 9.17) is 11.6 Å². The minimum absolute atomic E-state index is 0.266. The summed E-state index contributed by atoms with van der Waals surface area (Å²) in [5.74, 6) is -1.26. The zero-order valence-electron chi connectivity index (χ0n) is 13.2. The number of carbonyl (C=O) groups is 1. The van der Waals surface area contributed by atoms with E-state index in [1.807, 2.05) is 6.92 Å². The highest BCUT2D eigenvalue weighted by Gasteiger charge is 2.23. The van der Waals surface area contributed by atoms with Crippen LogP contribution in [0.25, 0.3) is 22.2 Å². The summed E-state index contributed by atoms with van der Waals surface area (Å²) in [7, 11) is 0. The predicted octanol–water partition coefficient (Wildman–Crippen LogP) is 3.74. The molecule has 0 amide bonds. The maximum atomic E-state index is 12.8. The lowest BCUT2D eigenvalue weighted by Gasteiger charge is -2.15. The number of hydrogen-bond acceptors (Lipinski definition) is 3. The molecule has 0 aliphatic carbocycles. The van der Waals surface area contributed by atoms with Crippen LogP contribution in [0.4, 0.5) is 0 Å². The van der Waals surface area contributed by atoms with Crippen LogP contribution < -0.4 is 5.56 Å². The summed E-state index contributed by atoms with van der Waals surface area (Å²) in [5.41, 5.74) is 1.33. The van der Waals surface area contributed by atoms with E-state index in [1.165, 1.54) is 4.57 Å². The molecule has 2 heterocycles. The SMILES string of the molecule is CCn1c(=O)c(C(=O)O)c(-c2cccc(Cl)c2)c2ccc(C)nc21. The van der Waals surface area contributed by atoms with Gasteiger partial charge >= 0.3 is 5.97 Å². The second kappa shape index (κ2) is 6.09. The first kappa shape index (κ1) is 16.2. The fourth-order valence-electron chi connectivity index (χ4n) is 2.85. The molecule has 0 atom stereocenters.